The van der Waals surface area contributed by atoms with Gasteiger partial charge in [-0.2, -0.15) is 8.42 Å². The fraction of sp³-hybridized carbons (Fsp3) is 0.300. The van der Waals surface area contributed by atoms with Gasteiger partial charge < -0.3 is 4.90 Å². The molecule has 6 nitrogen and oxygen atoms in total. The highest BCUT2D eigenvalue weighted by molar-refractivity contribution is 7.90. The van der Waals surface area contributed by atoms with Crippen molar-refractivity contribution in [2.24, 2.45) is 5.14 Å². The molecule has 0 aliphatic carbocycles. The SMILES string of the molecule is NS(=O)(=O)Nc1cccc(N2CCCC2=O)c1. The van der Waals surface area contributed by atoms with Gasteiger partial charge >= 0.3 is 0 Å². The minimum absolute atomic E-state index is 0.0535. The molecule has 1 aromatic carbocycles. The van der Waals surface area contributed by atoms with Gasteiger partial charge in [0.25, 0.3) is 10.2 Å². The largest absolute Gasteiger partial charge is 0.312 e. The van der Waals surface area contributed by atoms with Gasteiger partial charge in [0.2, 0.25) is 5.91 Å². The van der Waals surface area contributed by atoms with Gasteiger partial charge in [-0.25, -0.2) is 5.14 Å². The Kier molecular flexibility index (Phi) is 3.03. The van der Waals surface area contributed by atoms with Crippen molar-refractivity contribution in [2.75, 3.05) is 16.2 Å². The number of carbonyl (C=O) groups is 1. The average Bonchev–Trinajstić information content (AvgIpc) is 2.62. The van der Waals surface area contributed by atoms with E-state index in [-0.39, 0.29) is 5.91 Å². The molecule has 0 atom stereocenters. The highest BCUT2D eigenvalue weighted by Gasteiger charge is 2.21. The van der Waals surface area contributed by atoms with Gasteiger partial charge in [-0.05, 0) is 24.6 Å². The second kappa shape index (κ2) is 4.34. The first-order valence-electron chi connectivity index (χ1n) is 5.17. The summed E-state index contributed by atoms with van der Waals surface area (Å²) < 4.78 is 23.9. The molecule has 1 aliphatic heterocycles. The first-order valence-corrected chi connectivity index (χ1v) is 6.71. The number of nitrogens with two attached hydrogens (primary N) is 1. The summed E-state index contributed by atoms with van der Waals surface area (Å²) in [5.74, 6) is 0.0535. The van der Waals surface area contributed by atoms with Gasteiger partial charge in [0.05, 0.1) is 5.69 Å². The van der Waals surface area contributed by atoms with Crippen LogP contribution >= 0.6 is 0 Å². The van der Waals surface area contributed by atoms with Crippen LogP contribution in [0.4, 0.5) is 11.4 Å². The zero-order valence-corrected chi connectivity index (χ0v) is 9.90. The molecule has 7 heteroatoms. The third-order valence-corrected chi connectivity index (χ3v) is 3.01. The summed E-state index contributed by atoms with van der Waals surface area (Å²) in [6.07, 6.45) is 1.36. The number of hydrogen-bond acceptors (Lipinski definition) is 3. The molecule has 17 heavy (non-hydrogen) atoms. The van der Waals surface area contributed by atoms with E-state index < -0.39 is 10.2 Å². The van der Waals surface area contributed by atoms with Crippen molar-refractivity contribution in [3.05, 3.63) is 24.3 Å². The summed E-state index contributed by atoms with van der Waals surface area (Å²) in [7, 11) is -3.78. The number of carbonyl (C=O) groups excluding carboxylic acids is 1. The lowest BCUT2D eigenvalue weighted by Crippen LogP contribution is -2.24. The molecule has 0 bridgehead atoms. The number of rotatable bonds is 3. The van der Waals surface area contributed by atoms with Crippen LogP contribution in [0.25, 0.3) is 0 Å². The summed E-state index contributed by atoms with van der Waals surface area (Å²) in [5, 5.41) is 4.88. The molecule has 3 N–H and O–H groups in total. The van der Waals surface area contributed by atoms with Gasteiger partial charge in [-0.1, -0.05) is 6.07 Å². The Bertz CT molecular complexity index is 541. The van der Waals surface area contributed by atoms with E-state index in [1.807, 2.05) is 0 Å². The van der Waals surface area contributed by atoms with Crippen molar-refractivity contribution in [2.45, 2.75) is 12.8 Å². The maximum Gasteiger partial charge on any atom is 0.296 e. The maximum atomic E-state index is 11.5. The van der Waals surface area contributed by atoms with Gasteiger partial charge in [0, 0.05) is 18.7 Å². The van der Waals surface area contributed by atoms with Crippen molar-refractivity contribution in [3.8, 4) is 0 Å². The van der Waals surface area contributed by atoms with E-state index in [2.05, 4.69) is 4.72 Å². The molecule has 1 amide bonds. The van der Waals surface area contributed by atoms with Crippen LogP contribution in [0.1, 0.15) is 12.8 Å². The third-order valence-electron chi connectivity index (χ3n) is 2.49. The Hall–Kier alpha value is -1.60. The van der Waals surface area contributed by atoms with Gasteiger partial charge in [-0.3, -0.25) is 9.52 Å². The number of benzene rings is 1. The topological polar surface area (TPSA) is 92.5 Å². The van der Waals surface area contributed by atoms with E-state index in [4.69, 9.17) is 5.14 Å². The molecule has 1 saturated heterocycles. The highest BCUT2D eigenvalue weighted by atomic mass is 32.2. The summed E-state index contributed by atoms with van der Waals surface area (Å²) in [6, 6.07) is 6.61. The van der Waals surface area contributed by atoms with Crippen LogP contribution in [0.5, 0.6) is 0 Å². The van der Waals surface area contributed by atoms with Crippen LogP contribution < -0.4 is 14.8 Å². The quantitative estimate of drug-likeness (QED) is 0.820. The Morgan fingerprint density at radius 3 is 2.71 bits per heavy atom. The zero-order valence-electron chi connectivity index (χ0n) is 9.09. The molecule has 1 aliphatic rings. The standard InChI is InChI=1S/C10H13N3O3S/c11-17(15,16)12-8-3-1-4-9(7-8)13-6-2-5-10(13)14/h1,3-4,7,12H,2,5-6H2,(H2,11,15,16). The van der Waals surface area contributed by atoms with Crippen molar-refractivity contribution in [3.63, 3.8) is 0 Å². The zero-order chi connectivity index (χ0) is 12.5. The number of amides is 1. The normalized spacial score (nSPS) is 16.3. The Balaban J connectivity index is 2.25. The maximum absolute atomic E-state index is 11.5. The van der Waals surface area contributed by atoms with E-state index in [1.165, 1.54) is 0 Å². The fourth-order valence-electron chi connectivity index (χ4n) is 1.82. The molecule has 0 unspecified atom stereocenters. The number of nitrogens with zero attached hydrogens (tertiary/aromatic N) is 1. The van der Waals surface area contributed by atoms with Gasteiger partial charge in [-0.15, -0.1) is 0 Å². The minimum Gasteiger partial charge on any atom is -0.312 e. The monoisotopic (exact) mass is 255 g/mol. The van der Waals surface area contributed by atoms with Crippen molar-refractivity contribution >= 4 is 27.5 Å². The van der Waals surface area contributed by atoms with Crippen LogP contribution in [0.2, 0.25) is 0 Å². The lowest BCUT2D eigenvalue weighted by molar-refractivity contribution is -0.117. The summed E-state index contributed by atoms with van der Waals surface area (Å²) >= 11 is 0. The lowest BCUT2D eigenvalue weighted by Gasteiger charge is -2.16. The Labute approximate surface area is 99.6 Å². The number of hydrogen-bond donors (Lipinski definition) is 2. The lowest BCUT2D eigenvalue weighted by atomic mass is 10.2. The van der Waals surface area contributed by atoms with Crippen LogP contribution in [0, 0.1) is 0 Å². The first-order chi connectivity index (χ1) is 7.96. The Morgan fingerprint density at radius 2 is 2.12 bits per heavy atom. The molecular weight excluding hydrogens is 242 g/mol. The van der Waals surface area contributed by atoms with E-state index in [1.54, 1.807) is 29.2 Å². The average molecular weight is 255 g/mol. The summed E-state index contributed by atoms with van der Waals surface area (Å²) in [5.41, 5.74) is 1.03. The summed E-state index contributed by atoms with van der Waals surface area (Å²) in [6.45, 7) is 0.664. The van der Waals surface area contributed by atoms with Crippen molar-refractivity contribution in [1.82, 2.24) is 0 Å². The second-order valence-corrected chi connectivity index (χ2v) is 5.14. The van der Waals surface area contributed by atoms with Crippen molar-refractivity contribution in [1.29, 1.82) is 0 Å². The molecule has 92 valence electrons. The number of nitrogens with one attached hydrogen (secondary N) is 1. The molecule has 0 radical (unpaired) electrons. The van der Waals surface area contributed by atoms with Gasteiger partial charge in [0.15, 0.2) is 0 Å². The minimum atomic E-state index is -3.78. The fourth-order valence-corrected chi connectivity index (χ4v) is 2.28. The van der Waals surface area contributed by atoms with E-state index in [0.29, 0.717) is 24.3 Å². The van der Waals surface area contributed by atoms with Crippen LogP contribution in [0.15, 0.2) is 24.3 Å². The second-order valence-electron chi connectivity index (χ2n) is 3.85. The van der Waals surface area contributed by atoms with Crippen LogP contribution in [-0.4, -0.2) is 20.9 Å². The van der Waals surface area contributed by atoms with Crippen molar-refractivity contribution < 1.29 is 13.2 Å². The molecule has 1 heterocycles. The number of anilines is 2. The first kappa shape index (κ1) is 11.9. The molecule has 1 aromatic rings. The van der Waals surface area contributed by atoms with E-state index >= 15 is 0 Å². The molecule has 0 aromatic heterocycles. The molecule has 0 spiro atoms. The molecule has 1 fully saturated rings. The van der Waals surface area contributed by atoms with Crippen LogP contribution in [-0.2, 0) is 15.0 Å². The van der Waals surface area contributed by atoms with E-state index in [9.17, 15) is 13.2 Å². The molecule has 0 saturated carbocycles. The smallest absolute Gasteiger partial charge is 0.296 e. The highest BCUT2D eigenvalue weighted by Crippen LogP contribution is 2.24. The Morgan fingerprint density at radius 1 is 1.35 bits per heavy atom. The predicted octanol–water partition coefficient (Wildman–Crippen LogP) is 0.429. The van der Waals surface area contributed by atoms with Gasteiger partial charge in [0.1, 0.15) is 0 Å². The molecule has 2 rings (SSSR count). The van der Waals surface area contributed by atoms with Crippen LogP contribution in [0.3, 0.4) is 0 Å². The molecular formula is C10H13N3O3S. The van der Waals surface area contributed by atoms with E-state index in [0.717, 1.165) is 6.42 Å². The summed E-state index contributed by atoms with van der Waals surface area (Å²) in [4.78, 5) is 13.2. The third kappa shape index (κ3) is 2.95. The predicted molar refractivity (Wildman–Crippen MR) is 64.8 cm³/mol.